The van der Waals surface area contributed by atoms with Crippen LogP contribution < -0.4 is 9.80 Å². The highest BCUT2D eigenvalue weighted by Crippen LogP contribution is 2.37. The smallest absolute Gasteiger partial charge is 0.196 e. The Kier molecular flexibility index (Phi) is 3.63. The number of carbonyl (C=O) groups excluding carboxylic acids is 1. The molecule has 1 aliphatic rings. The SMILES string of the molecule is CN1CCN(c2nc(C(=O)CCl)cs2)c2ccccc21. The number of halogens is 1. The Balaban J connectivity index is 1.97. The first-order chi connectivity index (χ1) is 9.70. The molecule has 0 bridgehead atoms. The molecule has 0 saturated heterocycles. The van der Waals surface area contributed by atoms with Crippen LogP contribution in [0.1, 0.15) is 10.5 Å². The van der Waals surface area contributed by atoms with E-state index in [0.29, 0.717) is 5.69 Å². The normalized spacial score (nSPS) is 14.3. The zero-order chi connectivity index (χ0) is 14.1. The van der Waals surface area contributed by atoms with Crippen molar-refractivity contribution < 1.29 is 4.79 Å². The Morgan fingerprint density at radius 3 is 2.85 bits per heavy atom. The molecule has 0 spiro atoms. The van der Waals surface area contributed by atoms with Crippen molar-refractivity contribution in [2.75, 3.05) is 35.8 Å². The predicted octanol–water partition coefficient (Wildman–Crippen LogP) is 3.15. The quantitative estimate of drug-likeness (QED) is 0.645. The number of aromatic nitrogens is 1. The third-order valence-corrected chi connectivity index (χ3v) is 4.48. The van der Waals surface area contributed by atoms with E-state index in [-0.39, 0.29) is 11.7 Å². The van der Waals surface area contributed by atoms with Crippen molar-refractivity contribution in [3.8, 4) is 0 Å². The summed E-state index contributed by atoms with van der Waals surface area (Å²) in [7, 11) is 2.08. The number of hydrogen-bond donors (Lipinski definition) is 0. The molecule has 104 valence electrons. The molecule has 2 aromatic rings. The van der Waals surface area contributed by atoms with Crippen molar-refractivity contribution in [3.05, 3.63) is 35.3 Å². The van der Waals surface area contributed by atoms with Crippen molar-refractivity contribution in [1.29, 1.82) is 0 Å². The molecule has 0 radical (unpaired) electrons. The Bertz CT molecular complexity index is 643. The number of anilines is 3. The van der Waals surface area contributed by atoms with Crippen LogP contribution in [0.15, 0.2) is 29.6 Å². The monoisotopic (exact) mass is 307 g/mol. The van der Waals surface area contributed by atoms with Crippen molar-refractivity contribution in [2.45, 2.75) is 0 Å². The number of Topliss-reactive ketones (excluding diaryl/α,β-unsaturated/α-hetero) is 1. The number of likely N-dealkylation sites (N-methyl/N-ethyl adjacent to an activating group) is 1. The molecule has 3 rings (SSSR count). The molecular weight excluding hydrogens is 294 g/mol. The maximum absolute atomic E-state index is 11.6. The summed E-state index contributed by atoms with van der Waals surface area (Å²) in [6.07, 6.45) is 0. The molecule has 0 amide bonds. The van der Waals surface area contributed by atoms with Gasteiger partial charge in [0.1, 0.15) is 5.69 Å². The maximum Gasteiger partial charge on any atom is 0.196 e. The number of hydrogen-bond acceptors (Lipinski definition) is 5. The number of rotatable bonds is 3. The van der Waals surface area contributed by atoms with Gasteiger partial charge in [0.25, 0.3) is 0 Å². The second-order valence-corrected chi connectivity index (χ2v) is 5.74. The first-order valence-electron chi connectivity index (χ1n) is 6.33. The minimum Gasteiger partial charge on any atom is -0.371 e. The minimum atomic E-state index is -0.128. The van der Waals surface area contributed by atoms with Gasteiger partial charge in [-0.15, -0.1) is 22.9 Å². The Hall–Kier alpha value is -1.59. The van der Waals surface area contributed by atoms with E-state index in [9.17, 15) is 4.79 Å². The summed E-state index contributed by atoms with van der Waals surface area (Å²) < 4.78 is 0. The molecular formula is C14H14ClN3OS. The Labute approximate surface area is 126 Å². The average Bonchev–Trinajstić information content (AvgIpc) is 2.97. The number of fused-ring (bicyclic) bond motifs is 1. The molecule has 6 heteroatoms. The van der Waals surface area contributed by atoms with Gasteiger partial charge in [-0.1, -0.05) is 12.1 Å². The summed E-state index contributed by atoms with van der Waals surface area (Å²) in [6.45, 7) is 1.78. The summed E-state index contributed by atoms with van der Waals surface area (Å²) >= 11 is 7.06. The molecule has 20 heavy (non-hydrogen) atoms. The van der Waals surface area contributed by atoms with E-state index >= 15 is 0 Å². The zero-order valence-corrected chi connectivity index (χ0v) is 12.6. The third kappa shape index (κ3) is 2.27. The Morgan fingerprint density at radius 1 is 1.35 bits per heavy atom. The number of para-hydroxylation sites is 2. The number of thiazole rings is 1. The largest absolute Gasteiger partial charge is 0.371 e. The number of benzene rings is 1. The molecule has 0 aliphatic carbocycles. The molecule has 0 atom stereocenters. The van der Waals surface area contributed by atoms with E-state index in [0.717, 1.165) is 23.9 Å². The van der Waals surface area contributed by atoms with Crippen LogP contribution >= 0.6 is 22.9 Å². The fourth-order valence-corrected chi connectivity index (χ4v) is 3.30. The molecule has 0 saturated carbocycles. The second-order valence-electron chi connectivity index (χ2n) is 4.63. The lowest BCUT2D eigenvalue weighted by atomic mass is 10.2. The van der Waals surface area contributed by atoms with Crippen molar-refractivity contribution >= 4 is 45.2 Å². The standard InChI is InChI=1S/C14H14ClN3OS/c1-17-6-7-18(12-5-3-2-4-11(12)17)14-16-10(9-20-14)13(19)8-15/h2-5,9H,6-8H2,1H3. The van der Waals surface area contributed by atoms with Gasteiger partial charge >= 0.3 is 0 Å². The van der Waals surface area contributed by atoms with E-state index in [1.807, 2.05) is 12.1 Å². The molecule has 1 aliphatic heterocycles. The molecule has 0 N–H and O–H groups in total. The highest BCUT2D eigenvalue weighted by atomic mass is 35.5. The topological polar surface area (TPSA) is 36.4 Å². The fraction of sp³-hybridized carbons (Fsp3) is 0.286. The van der Waals surface area contributed by atoms with E-state index in [4.69, 9.17) is 11.6 Å². The summed E-state index contributed by atoms with van der Waals surface area (Å²) in [6, 6.07) is 8.22. The van der Waals surface area contributed by atoms with Gasteiger partial charge in [-0.2, -0.15) is 0 Å². The van der Waals surface area contributed by atoms with Crippen LogP contribution in [-0.2, 0) is 0 Å². The molecule has 2 heterocycles. The van der Waals surface area contributed by atoms with Gasteiger partial charge in [0, 0.05) is 25.5 Å². The summed E-state index contributed by atoms with van der Waals surface area (Å²) in [5.74, 6) is -0.153. The van der Waals surface area contributed by atoms with Crippen LogP contribution in [0.4, 0.5) is 16.5 Å². The lowest BCUT2D eigenvalue weighted by Crippen LogP contribution is -2.36. The van der Waals surface area contributed by atoms with Crippen LogP contribution in [0.3, 0.4) is 0 Å². The highest BCUT2D eigenvalue weighted by Gasteiger charge is 2.23. The molecule has 0 fully saturated rings. The zero-order valence-electron chi connectivity index (χ0n) is 11.0. The summed E-state index contributed by atoms with van der Waals surface area (Å²) in [5, 5.41) is 2.63. The van der Waals surface area contributed by atoms with Crippen LogP contribution in [0, 0.1) is 0 Å². The number of nitrogens with zero attached hydrogens (tertiary/aromatic N) is 3. The fourth-order valence-electron chi connectivity index (χ4n) is 2.29. The average molecular weight is 308 g/mol. The highest BCUT2D eigenvalue weighted by molar-refractivity contribution is 7.14. The van der Waals surface area contributed by atoms with E-state index in [2.05, 4.69) is 34.0 Å². The van der Waals surface area contributed by atoms with Crippen LogP contribution in [0.2, 0.25) is 0 Å². The van der Waals surface area contributed by atoms with Gasteiger partial charge in [-0.3, -0.25) is 4.79 Å². The number of ketones is 1. The van der Waals surface area contributed by atoms with Gasteiger partial charge < -0.3 is 9.80 Å². The van der Waals surface area contributed by atoms with Crippen molar-refractivity contribution in [3.63, 3.8) is 0 Å². The molecule has 1 aromatic carbocycles. The Morgan fingerprint density at radius 2 is 2.10 bits per heavy atom. The lowest BCUT2D eigenvalue weighted by Gasteiger charge is -2.35. The minimum absolute atomic E-state index is 0.0253. The van der Waals surface area contributed by atoms with Crippen LogP contribution in [0.25, 0.3) is 0 Å². The third-order valence-electron chi connectivity index (χ3n) is 3.37. The van der Waals surface area contributed by atoms with E-state index < -0.39 is 0 Å². The summed E-state index contributed by atoms with van der Waals surface area (Å²) in [4.78, 5) is 20.4. The van der Waals surface area contributed by atoms with E-state index in [1.54, 1.807) is 5.38 Å². The second kappa shape index (κ2) is 5.42. The van der Waals surface area contributed by atoms with E-state index in [1.165, 1.54) is 17.0 Å². The molecule has 1 aromatic heterocycles. The van der Waals surface area contributed by atoms with Gasteiger partial charge in [0.2, 0.25) is 0 Å². The summed E-state index contributed by atoms with van der Waals surface area (Å²) in [5.41, 5.74) is 2.76. The van der Waals surface area contributed by atoms with Crippen LogP contribution in [-0.4, -0.2) is 36.8 Å². The van der Waals surface area contributed by atoms with Crippen molar-refractivity contribution in [2.24, 2.45) is 0 Å². The van der Waals surface area contributed by atoms with Gasteiger partial charge in [0.15, 0.2) is 10.9 Å². The van der Waals surface area contributed by atoms with Gasteiger partial charge in [-0.25, -0.2) is 4.98 Å². The lowest BCUT2D eigenvalue weighted by molar-refractivity contribution is 0.101. The molecule has 4 nitrogen and oxygen atoms in total. The van der Waals surface area contributed by atoms with Gasteiger partial charge in [-0.05, 0) is 12.1 Å². The van der Waals surface area contributed by atoms with Crippen LogP contribution in [0.5, 0.6) is 0 Å². The first kappa shape index (κ1) is 13.4. The first-order valence-corrected chi connectivity index (χ1v) is 7.74. The number of carbonyl (C=O) groups is 1. The number of alkyl halides is 1. The molecule has 0 unspecified atom stereocenters. The van der Waals surface area contributed by atoms with Gasteiger partial charge in [0.05, 0.1) is 17.3 Å². The predicted molar refractivity (Wildman–Crippen MR) is 83.9 cm³/mol. The maximum atomic E-state index is 11.6. The van der Waals surface area contributed by atoms with Crippen molar-refractivity contribution in [1.82, 2.24) is 4.98 Å².